The van der Waals surface area contributed by atoms with Crippen LogP contribution in [0.4, 0.5) is 9.59 Å². The number of methoxy groups -OCH3 is 3. The molecule has 0 unspecified atom stereocenters. The number of fused-ring (bicyclic) bond motifs is 5. The molecule has 1 saturated carbocycles. The van der Waals surface area contributed by atoms with Crippen LogP contribution in [0.1, 0.15) is 77.1 Å². The lowest BCUT2D eigenvalue weighted by Gasteiger charge is -2.37. The van der Waals surface area contributed by atoms with E-state index in [-0.39, 0.29) is 47.9 Å². The minimum Gasteiger partial charge on any atom is -0.453 e. The van der Waals surface area contributed by atoms with Gasteiger partial charge in [-0.05, 0) is 71.2 Å². The maximum Gasteiger partial charge on any atom is 0.407 e. The standard InChI is InChI=1S/C45H54N8O7/c1-23(2)36(50-44(56)59-6)42(54)52-22-31(58-5)20-35(52)40-46-21-34(48-40)26-10-8-25(9-11-26)27-13-16-32-28(18-27)14-17-33-38(32)49-41(47-33)39-29-12-15-30(19-29)53(39)43(55)37(24(3)4)51-45(57)60-7/h8-11,13-14,16-18,21,23-24,29-31,35-37,39H,12,15,19-20,22H2,1-7H3,(H,46,48)(H,47,49)(H,50,56)(H,51,57)/t29-,30+,31+,35-,36-,37-,39-/m0/s1. The van der Waals surface area contributed by atoms with Gasteiger partial charge in [-0.3, -0.25) is 9.59 Å². The molecule has 2 aliphatic heterocycles. The number of amides is 4. The molecule has 4 N–H and O–H groups in total. The molecule has 5 aromatic rings. The van der Waals surface area contributed by atoms with E-state index in [4.69, 9.17) is 24.2 Å². The number of carbonyl (C=O) groups is 4. The van der Waals surface area contributed by atoms with Crippen LogP contribution in [0.3, 0.4) is 0 Å². The number of H-pyrrole nitrogens is 2. The van der Waals surface area contributed by atoms with Crippen LogP contribution in [0.25, 0.3) is 44.2 Å². The molecule has 0 spiro atoms. The summed E-state index contributed by atoms with van der Waals surface area (Å²) in [5.41, 5.74) is 5.66. The first-order chi connectivity index (χ1) is 28.9. The molecular formula is C45H54N8O7. The Hall–Kier alpha value is -5.96. The number of nitrogens with zero attached hydrogens (tertiary/aromatic N) is 4. The number of ether oxygens (including phenoxy) is 3. The van der Waals surface area contributed by atoms with Crippen molar-refractivity contribution in [2.45, 2.75) is 89.7 Å². The Morgan fingerprint density at radius 2 is 1.43 bits per heavy atom. The summed E-state index contributed by atoms with van der Waals surface area (Å²) in [7, 11) is 4.22. The van der Waals surface area contributed by atoms with E-state index in [0.717, 1.165) is 69.3 Å². The van der Waals surface area contributed by atoms with Gasteiger partial charge in [0.25, 0.3) is 0 Å². The third-order valence-corrected chi connectivity index (χ3v) is 12.7. The first-order valence-electron chi connectivity index (χ1n) is 20.8. The number of aromatic amines is 2. The van der Waals surface area contributed by atoms with Crippen LogP contribution in [-0.2, 0) is 23.8 Å². The van der Waals surface area contributed by atoms with E-state index in [2.05, 4.69) is 75.2 Å². The van der Waals surface area contributed by atoms with Gasteiger partial charge in [0.1, 0.15) is 23.7 Å². The summed E-state index contributed by atoms with van der Waals surface area (Å²) in [4.78, 5) is 72.7. The predicted molar refractivity (Wildman–Crippen MR) is 226 cm³/mol. The first kappa shape index (κ1) is 40.8. The molecule has 4 amide bonds. The molecule has 2 aromatic heterocycles. The van der Waals surface area contributed by atoms with Gasteiger partial charge in [-0.1, -0.05) is 70.2 Å². The molecule has 8 rings (SSSR count). The summed E-state index contributed by atoms with van der Waals surface area (Å²) in [5.74, 6) is 1.15. The van der Waals surface area contributed by atoms with E-state index < -0.39 is 24.3 Å². The monoisotopic (exact) mass is 818 g/mol. The van der Waals surface area contributed by atoms with E-state index in [1.807, 2.05) is 32.6 Å². The van der Waals surface area contributed by atoms with Crippen molar-refractivity contribution in [2.75, 3.05) is 27.9 Å². The fourth-order valence-corrected chi connectivity index (χ4v) is 9.50. The number of imidazole rings is 2. The molecule has 1 aliphatic carbocycles. The van der Waals surface area contributed by atoms with Crippen molar-refractivity contribution in [2.24, 2.45) is 17.8 Å². The van der Waals surface area contributed by atoms with E-state index >= 15 is 0 Å². The van der Waals surface area contributed by atoms with Gasteiger partial charge in [0.2, 0.25) is 11.8 Å². The summed E-state index contributed by atoms with van der Waals surface area (Å²) >= 11 is 0. The molecule has 60 heavy (non-hydrogen) atoms. The van der Waals surface area contributed by atoms with Gasteiger partial charge in [-0.2, -0.15) is 0 Å². The summed E-state index contributed by atoms with van der Waals surface area (Å²) < 4.78 is 15.3. The zero-order valence-corrected chi connectivity index (χ0v) is 35.2. The van der Waals surface area contributed by atoms with Crippen LogP contribution in [0.15, 0.2) is 60.8 Å². The molecule has 4 heterocycles. The summed E-state index contributed by atoms with van der Waals surface area (Å²) in [5, 5.41) is 7.53. The summed E-state index contributed by atoms with van der Waals surface area (Å²) in [6, 6.07) is 16.9. The fraction of sp³-hybridized carbons (Fsp3) is 0.467. The average Bonchev–Trinajstić information content (AvgIpc) is 4.11. The minimum absolute atomic E-state index is 0.0969. The zero-order chi connectivity index (χ0) is 42.4. The lowest BCUT2D eigenvalue weighted by atomic mass is 9.95. The second-order valence-corrected chi connectivity index (χ2v) is 17.0. The third kappa shape index (κ3) is 7.55. The van der Waals surface area contributed by atoms with Crippen LogP contribution >= 0.6 is 0 Å². The maximum absolute atomic E-state index is 14.1. The van der Waals surface area contributed by atoms with E-state index in [9.17, 15) is 19.2 Å². The zero-order valence-electron chi connectivity index (χ0n) is 35.2. The largest absolute Gasteiger partial charge is 0.453 e. The quantitative estimate of drug-likeness (QED) is 0.110. The number of benzene rings is 3. The van der Waals surface area contributed by atoms with Crippen molar-refractivity contribution in [1.29, 1.82) is 0 Å². The Kier molecular flexibility index (Phi) is 11.3. The number of alkyl carbamates (subject to hydrolysis) is 2. The number of likely N-dealkylation sites (tertiary alicyclic amines) is 2. The smallest absolute Gasteiger partial charge is 0.407 e. The van der Waals surface area contributed by atoms with Crippen LogP contribution in [0.2, 0.25) is 0 Å². The Morgan fingerprint density at radius 3 is 2.10 bits per heavy atom. The topological polar surface area (TPSA) is 184 Å². The molecule has 15 heteroatoms. The molecule has 2 bridgehead atoms. The summed E-state index contributed by atoms with van der Waals surface area (Å²) in [6.45, 7) is 8.01. The normalized spacial score (nSPS) is 22.2. The second-order valence-electron chi connectivity index (χ2n) is 17.0. The van der Waals surface area contributed by atoms with Crippen molar-refractivity contribution in [3.63, 3.8) is 0 Å². The predicted octanol–water partition coefficient (Wildman–Crippen LogP) is 6.87. The summed E-state index contributed by atoms with van der Waals surface area (Å²) in [6.07, 6.45) is 3.81. The van der Waals surface area contributed by atoms with Crippen LogP contribution in [0, 0.1) is 17.8 Å². The van der Waals surface area contributed by atoms with Crippen molar-refractivity contribution in [1.82, 2.24) is 40.4 Å². The second kappa shape index (κ2) is 16.6. The number of nitrogens with one attached hydrogen (secondary N) is 4. The number of hydrogen-bond acceptors (Lipinski definition) is 9. The van der Waals surface area contributed by atoms with Gasteiger partial charge in [0.05, 0.1) is 55.3 Å². The Balaban J connectivity index is 1.01. The van der Waals surface area contributed by atoms with Gasteiger partial charge in [-0.25, -0.2) is 19.6 Å². The average molecular weight is 819 g/mol. The lowest BCUT2D eigenvalue weighted by Crippen LogP contribution is -2.54. The van der Waals surface area contributed by atoms with Crippen LogP contribution in [0.5, 0.6) is 0 Å². The minimum atomic E-state index is -0.757. The maximum atomic E-state index is 14.1. The van der Waals surface area contributed by atoms with E-state index in [1.54, 1.807) is 18.2 Å². The molecule has 3 aliphatic rings. The Labute approximate surface area is 348 Å². The highest BCUT2D eigenvalue weighted by atomic mass is 16.5. The molecule has 0 radical (unpaired) electrons. The number of piperidine rings is 1. The van der Waals surface area contributed by atoms with Gasteiger partial charge in [-0.15, -0.1) is 0 Å². The van der Waals surface area contributed by atoms with Gasteiger partial charge in [0, 0.05) is 31.5 Å². The van der Waals surface area contributed by atoms with Crippen LogP contribution < -0.4 is 10.6 Å². The number of carbonyl (C=O) groups excluding carboxylic acids is 4. The molecule has 15 nitrogen and oxygen atoms in total. The molecule has 3 aromatic carbocycles. The lowest BCUT2D eigenvalue weighted by molar-refractivity contribution is -0.139. The highest BCUT2D eigenvalue weighted by molar-refractivity contribution is 6.05. The highest BCUT2D eigenvalue weighted by Gasteiger charge is 2.51. The Bertz CT molecular complexity index is 2410. The van der Waals surface area contributed by atoms with Crippen LogP contribution in [-0.4, -0.2) is 106 Å². The van der Waals surface area contributed by atoms with Crippen molar-refractivity contribution < 1.29 is 33.4 Å². The fourth-order valence-electron chi connectivity index (χ4n) is 9.50. The number of hydrogen-bond donors (Lipinski definition) is 4. The molecular weight excluding hydrogens is 765 g/mol. The van der Waals surface area contributed by atoms with Gasteiger partial charge in [0.15, 0.2) is 0 Å². The Morgan fingerprint density at radius 1 is 0.767 bits per heavy atom. The first-order valence-corrected chi connectivity index (χ1v) is 20.8. The third-order valence-electron chi connectivity index (χ3n) is 12.7. The van der Waals surface area contributed by atoms with Gasteiger partial charge < -0.3 is 44.6 Å². The molecule has 7 atom stereocenters. The molecule has 2 saturated heterocycles. The number of aromatic nitrogens is 4. The van der Waals surface area contributed by atoms with Gasteiger partial charge >= 0.3 is 12.2 Å². The SMILES string of the molecule is COC(=O)N[C@H](C(=O)N1C[C@H](OC)C[C@H]1c1ncc(-c2ccc(-c3ccc4c(ccc5[nH]c([C@@H]6[C@H]7CC[C@H](C7)N6C(=O)[C@@H](NC(=O)OC)C(C)C)nc54)c3)cc2)[nH]1)C(C)C. The molecule has 316 valence electrons. The highest BCUT2D eigenvalue weighted by Crippen LogP contribution is 2.50. The number of rotatable bonds is 11. The van der Waals surface area contributed by atoms with Crippen molar-refractivity contribution >= 4 is 45.8 Å². The van der Waals surface area contributed by atoms with Crippen molar-refractivity contribution in [3.05, 3.63) is 72.4 Å². The van der Waals surface area contributed by atoms with Crippen molar-refractivity contribution in [3.8, 4) is 22.4 Å². The van der Waals surface area contributed by atoms with E-state index in [0.29, 0.717) is 24.7 Å². The van der Waals surface area contributed by atoms with E-state index in [1.165, 1.54) is 14.2 Å². The molecule has 3 fully saturated rings.